The number of aryl methyl sites for hydroxylation is 1. The third-order valence-electron chi connectivity index (χ3n) is 2.13. The molecule has 0 bridgehead atoms. The Labute approximate surface area is 117 Å². The van der Waals surface area contributed by atoms with Crippen molar-refractivity contribution in [1.82, 2.24) is 4.98 Å². The van der Waals surface area contributed by atoms with Gasteiger partial charge in [-0.3, -0.25) is 4.79 Å². The largest absolute Gasteiger partial charge is 0.301 e. The van der Waals surface area contributed by atoms with E-state index >= 15 is 0 Å². The van der Waals surface area contributed by atoms with Crippen molar-refractivity contribution < 1.29 is 13.6 Å². The number of carbonyl (C=O) groups excluding carboxylic acids is 1. The summed E-state index contributed by atoms with van der Waals surface area (Å²) in [6.45, 7) is 1.84. The van der Waals surface area contributed by atoms with Crippen LogP contribution in [0.3, 0.4) is 0 Å². The lowest BCUT2D eigenvalue weighted by molar-refractivity contribution is -0.113. The number of aromatic nitrogens is 1. The second-order valence-corrected chi connectivity index (χ2v) is 5.61. The van der Waals surface area contributed by atoms with Gasteiger partial charge in [0.1, 0.15) is 0 Å². The fourth-order valence-electron chi connectivity index (χ4n) is 1.28. The van der Waals surface area contributed by atoms with Crippen molar-refractivity contribution in [2.24, 2.45) is 0 Å². The van der Waals surface area contributed by atoms with E-state index < -0.39 is 11.6 Å². The fourth-order valence-corrected chi connectivity index (χ4v) is 2.71. The number of nitrogens with one attached hydrogen (secondary N) is 1. The van der Waals surface area contributed by atoms with E-state index in [0.717, 1.165) is 29.6 Å². The summed E-state index contributed by atoms with van der Waals surface area (Å²) in [6, 6.07) is 3.55. The Bertz CT molecular complexity index is 601. The van der Waals surface area contributed by atoms with Crippen LogP contribution >= 0.6 is 23.1 Å². The van der Waals surface area contributed by atoms with Crippen LogP contribution in [0, 0.1) is 18.6 Å². The molecule has 0 fully saturated rings. The van der Waals surface area contributed by atoms with Crippen molar-refractivity contribution in [1.29, 1.82) is 0 Å². The molecule has 2 rings (SSSR count). The molecule has 0 atom stereocenters. The molecule has 0 saturated carbocycles. The zero-order valence-electron chi connectivity index (χ0n) is 9.94. The number of amides is 1. The summed E-state index contributed by atoms with van der Waals surface area (Å²) in [4.78, 5) is 16.2. The van der Waals surface area contributed by atoms with Crippen molar-refractivity contribution in [3.63, 3.8) is 0 Å². The molecule has 0 aliphatic rings. The molecule has 1 heterocycles. The summed E-state index contributed by atoms with van der Waals surface area (Å²) in [5.74, 6) is -1.93. The molecule has 0 aliphatic carbocycles. The monoisotopic (exact) mass is 300 g/mol. The van der Waals surface area contributed by atoms with Crippen LogP contribution in [0.4, 0.5) is 13.9 Å². The topological polar surface area (TPSA) is 42.0 Å². The van der Waals surface area contributed by atoms with Crippen molar-refractivity contribution >= 4 is 34.1 Å². The Morgan fingerprint density at radius 2 is 2.21 bits per heavy atom. The highest BCUT2D eigenvalue weighted by atomic mass is 32.2. The number of hydrogen-bond donors (Lipinski definition) is 1. The van der Waals surface area contributed by atoms with Gasteiger partial charge in [-0.1, -0.05) is 0 Å². The third-order valence-corrected chi connectivity index (χ3v) is 4.00. The normalized spacial score (nSPS) is 10.5. The SMILES string of the molecule is Cc1csc(NC(=O)CSc2ccc(F)c(F)c2)n1. The van der Waals surface area contributed by atoms with Crippen LogP contribution < -0.4 is 5.32 Å². The van der Waals surface area contributed by atoms with E-state index in [1.54, 1.807) is 0 Å². The maximum absolute atomic E-state index is 13.0. The molecule has 100 valence electrons. The molecule has 19 heavy (non-hydrogen) atoms. The Kier molecular flexibility index (Phi) is 4.49. The molecule has 2 aromatic rings. The minimum atomic E-state index is -0.916. The first-order valence-electron chi connectivity index (χ1n) is 5.34. The third kappa shape index (κ3) is 4.00. The molecule has 1 aromatic carbocycles. The van der Waals surface area contributed by atoms with Gasteiger partial charge in [-0.15, -0.1) is 23.1 Å². The predicted molar refractivity (Wildman–Crippen MR) is 72.6 cm³/mol. The van der Waals surface area contributed by atoms with Crippen LogP contribution in [0.15, 0.2) is 28.5 Å². The lowest BCUT2D eigenvalue weighted by Crippen LogP contribution is -2.13. The van der Waals surface area contributed by atoms with E-state index in [2.05, 4.69) is 10.3 Å². The molecule has 3 nitrogen and oxygen atoms in total. The molecule has 7 heteroatoms. The Morgan fingerprint density at radius 1 is 1.42 bits per heavy atom. The van der Waals surface area contributed by atoms with Gasteiger partial charge in [0.25, 0.3) is 0 Å². The van der Waals surface area contributed by atoms with Crippen LogP contribution in [-0.4, -0.2) is 16.6 Å². The average molecular weight is 300 g/mol. The maximum atomic E-state index is 13.0. The van der Waals surface area contributed by atoms with Crippen molar-refractivity contribution in [2.75, 3.05) is 11.1 Å². The summed E-state index contributed by atoms with van der Waals surface area (Å²) in [5, 5.41) is 5.01. The number of thiazole rings is 1. The molecular formula is C12H10F2N2OS2. The number of halogens is 2. The molecular weight excluding hydrogens is 290 g/mol. The van der Waals surface area contributed by atoms with E-state index in [1.165, 1.54) is 17.4 Å². The van der Waals surface area contributed by atoms with Gasteiger partial charge in [-0.05, 0) is 25.1 Å². The molecule has 1 N–H and O–H groups in total. The van der Waals surface area contributed by atoms with Gasteiger partial charge >= 0.3 is 0 Å². The molecule has 1 aromatic heterocycles. The van der Waals surface area contributed by atoms with E-state index in [0.29, 0.717) is 10.0 Å². The van der Waals surface area contributed by atoms with Crippen molar-refractivity contribution in [3.8, 4) is 0 Å². The quantitative estimate of drug-likeness (QED) is 0.879. The van der Waals surface area contributed by atoms with Gasteiger partial charge in [0, 0.05) is 10.3 Å². The number of carbonyl (C=O) groups is 1. The smallest absolute Gasteiger partial charge is 0.236 e. The lowest BCUT2D eigenvalue weighted by atomic mass is 10.3. The molecule has 0 saturated heterocycles. The van der Waals surface area contributed by atoms with E-state index in [1.807, 2.05) is 12.3 Å². The minimum Gasteiger partial charge on any atom is -0.301 e. The van der Waals surface area contributed by atoms with Gasteiger partial charge in [0.15, 0.2) is 16.8 Å². The van der Waals surface area contributed by atoms with Gasteiger partial charge in [-0.25, -0.2) is 13.8 Å². The Morgan fingerprint density at radius 3 is 2.84 bits per heavy atom. The standard InChI is InChI=1S/C12H10F2N2OS2/c1-7-5-19-12(15-7)16-11(17)6-18-8-2-3-9(13)10(14)4-8/h2-5H,6H2,1H3,(H,15,16,17). The average Bonchev–Trinajstić information content (AvgIpc) is 2.76. The highest BCUT2D eigenvalue weighted by molar-refractivity contribution is 8.00. The number of benzene rings is 1. The summed E-state index contributed by atoms with van der Waals surface area (Å²) < 4.78 is 25.7. The highest BCUT2D eigenvalue weighted by Crippen LogP contribution is 2.21. The van der Waals surface area contributed by atoms with Crippen LogP contribution in [0.5, 0.6) is 0 Å². The molecule has 0 spiro atoms. The first-order valence-corrected chi connectivity index (χ1v) is 7.21. The Hall–Kier alpha value is -1.47. The zero-order valence-corrected chi connectivity index (χ0v) is 11.6. The maximum Gasteiger partial charge on any atom is 0.236 e. The summed E-state index contributed by atoms with van der Waals surface area (Å²) in [7, 11) is 0. The predicted octanol–water partition coefficient (Wildman–Crippen LogP) is 3.46. The second kappa shape index (κ2) is 6.12. The van der Waals surface area contributed by atoms with Crippen LogP contribution in [0.2, 0.25) is 0 Å². The van der Waals surface area contributed by atoms with Crippen molar-refractivity contribution in [3.05, 3.63) is 40.9 Å². The van der Waals surface area contributed by atoms with Crippen LogP contribution in [-0.2, 0) is 4.79 Å². The summed E-state index contributed by atoms with van der Waals surface area (Å²) in [6.07, 6.45) is 0. The second-order valence-electron chi connectivity index (χ2n) is 3.71. The van der Waals surface area contributed by atoms with Gasteiger partial charge in [-0.2, -0.15) is 0 Å². The van der Waals surface area contributed by atoms with Crippen LogP contribution in [0.1, 0.15) is 5.69 Å². The highest BCUT2D eigenvalue weighted by Gasteiger charge is 2.08. The molecule has 0 radical (unpaired) electrons. The fraction of sp³-hybridized carbons (Fsp3) is 0.167. The first kappa shape index (κ1) is 14.0. The Balaban J connectivity index is 1.88. The van der Waals surface area contributed by atoms with E-state index in [9.17, 15) is 13.6 Å². The number of hydrogen-bond acceptors (Lipinski definition) is 4. The van der Waals surface area contributed by atoms with E-state index in [-0.39, 0.29) is 11.7 Å². The van der Waals surface area contributed by atoms with Gasteiger partial charge in [0.2, 0.25) is 5.91 Å². The lowest BCUT2D eigenvalue weighted by Gasteiger charge is -2.02. The van der Waals surface area contributed by atoms with Gasteiger partial charge < -0.3 is 5.32 Å². The van der Waals surface area contributed by atoms with Gasteiger partial charge in [0.05, 0.1) is 11.4 Å². The number of nitrogens with zero attached hydrogens (tertiary/aromatic N) is 1. The number of anilines is 1. The zero-order chi connectivity index (χ0) is 13.8. The summed E-state index contributed by atoms with van der Waals surface area (Å²) in [5.41, 5.74) is 0.841. The molecule has 0 unspecified atom stereocenters. The van der Waals surface area contributed by atoms with Crippen LogP contribution in [0.25, 0.3) is 0 Å². The number of rotatable bonds is 4. The molecule has 1 amide bonds. The van der Waals surface area contributed by atoms with E-state index in [4.69, 9.17) is 0 Å². The molecule has 0 aliphatic heterocycles. The minimum absolute atomic E-state index is 0.115. The first-order chi connectivity index (χ1) is 9.04. The summed E-state index contributed by atoms with van der Waals surface area (Å²) >= 11 is 2.48. The van der Waals surface area contributed by atoms with Crippen molar-refractivity contribution in [2.45, 2.75) is 11.8 Å². The number of thioether (sulfide) groups is 1.